The summed E-state index contributed by atoms with van der Waals surface area (Å²) in [5.74, 6) is 1.54. The maximum atomic E-state index is 9.21. The van der Waals surface area contributed by atoms with Gasteiger partial charge in [-0.15, -0.1) is 0 Å². The highest BCUT2D eigenvalue weighted by Gasteiger charge is 2.26. The SMILES string of the molecule is OC1CC(CNCc2cccc(C3CC3)c2)C1. The van der Waals surface area contributed by atoms with Crippen LogP contribution in [-0.2, 0) is 6.54 Å². The highest BCUT2D eigenvalue weighted by atomic mass is 16.3. The van der Waals surface area contributed by atoms with Crippen LogP contribution >= 0.6 is 0 Å². The average Bonchev–Trinajstić information content (AvgIpc) is 3.11. The molecular formula is C15H21NO. The predicted molar refractivity (Wildman–Crippen MR) is 68.9 cm³/mol. The standard InChI is InChI=1S/C15H21NO/c17-15-7-12(8-15)10-16-9-11-2-1-3-14(6-11)13-4-5-13/h1-3,6,12-13,15-17H,4-5,7-10H2. The minimum atomic E-state index is -0.0278. The largest absolute Gasteiger partial charge is 0.393 e. The van der Waals surface area contributed by atoms with Gasteiger partial charge in [0, 0.05) is 6.54 Å². The molecule has 1 aromatic rings. The van der Waals surface area contributed by atoms with Crippen LogP contribution in [0, 0.1) is 5.92 Å². The van der Waals surface area contributed by atoms with Crippen LogP contribution < -0.4 is 5.32 Å². The third kappa shape index (κ3) is 2.88. The van der Waals surface area contributed by atoms with E-state index in [2.05, 4.69) is 29.6 Å². The number of hydrogen-bond donors (Lipinski definition) is 2. The quantitative estimate of drug-likeness (QED) is 0.815. The second-order valence-corrected chi connectivity index (χ2v) is 5.64. The lowest BCUT2D eigenvalue weighted by Gasteiger charge is -2.31. The first-order valence-electron chi connectivity index (χ1n) is 6.79. The molecule has 0 unspecified atom stereocenters. The zero-order valence-corrected chi connectivity index (χ0v) is 10.2. The summed E-state index contributed by atoms with van der Waals surface area (Å²) in [7, 11) is 0. The Hall–Kier alpha value is -0.860. The van der Waals surface area contributed by atoms with Gasteiger partial charge in [0.05, 0.1) is 6.10 Å². The molecule has 3 rings (SSSR count). The number of aliphatic hydroxyl groups excluding tert-OH is 1. The van der Waals surface area contributed by atoms with E-state index in [1.54, 1.807) is 0 Å². The zero-order valence-electron chi connectivity index (χ0n) is 10.2. The van der Waals surface area contributed by atoms with Crippen molar-refractivity contribution in [1.82, 2.24) is 5.32 Å². The minimum absolute atomic E-state index is 0.0278. The van der Waals surface area contributed by atoms with Crippen LogP contribution in [-0.4, -0.2) is 17.8 Å². The van der Waals surface area contributed by atoms with E-state index in [9.17, 15) is 5.11 Å². The molecule has 92 valence electrons. The van der Waals surface area contributed by atoms with Crippen LogP contribution in [0.2, 0.25) is 0 Å². The van der Waals surface area contributed by atoms with Crippen LogP contribution in [0.5, 0.6) is 0 Å². The first-order valence-corrected chi connectivity index (χ1v) is 6.79. The molecule has 0 spiro atoms. The molecule has 2 aliphatic carbocycles. The lowest BCUT2D eigenvalue weighted by atomic mass is 9.82. The summed E-state index contributed by atoms with van der Waals surface area (Å²) in [6.45, 7) is 2.01. The van der Waals surface area contributed by atoms with Crippen molar-refractivity contribution in [3.8, 4) is 0 Å². The van der Waals surface area contributed by atoms with E-state index < -0.39 is 0 Å². The summed E-state index contributed by atoms with van der Waals surface area (Å²) in [6, 6.07) is 8.98. The van der Waals surface area contributed by atoms with E-state index in [4.69, 9.17) is 0 Å². The lowest BCUT2D eigenvalue weighted by molar-refractivity contribution is 0.0430. The number of nitrogens with one attached hydrogen (secondary N) is 1. The zero-order chi connectivity index (χ0) is 11.7. The van der Waals surface area contributed by atoms with Crippen molar-refractivity contribution < 1.29 is 5.11 Å². The first-order chi connectivity index (χ1) is 8.31. The van der Waals surface area contributed by atoms with Gasteiger partial charge < -0.3 is 10.4 Å². The molecule has 2 fully saturated rings. The Morgan fingerprint density at radius 1 is 1.24 bits per heavy atom. The Morgan fingerprint density at radius 3 is 2.76 bits per heavy atom. The molecule has 2 heteroatoms. The molecule has 0 aromatic heterocycles. The van der Waals surface area contributed by atoms with Crippen LogP contribution in [0.4, 0.5) is 0 Å². The molecule has 2 aliphatic rings. The first kappa shape index (κ1) is 11.2. The Kier molecular flexibility index (Phi) is 3.17. The van der Waals surface area contributed by atoms with E-state index in [0.29, 0.717) is 5.92 Å². The van der Waals surface area contributed by atoms with Crippen molar-refractivity contribution in [2.75, 3.05) is 6.54 Å². The molecule has 2 saturated carbocycles. The molecule has 0 saturated heterocycles. The Balaban J connectivity index is 1.46. The van der Waals surface area contributed by atoms with Gasteiger partial charge in [0.25, 0.3) is 0 Å². The third-order valence-corrected chi connectivity index (χ3v) is 3.97. The van der Waals surface area contributed by atoms with E-state index >= 15 is 0 Å². The lowest BCUT2D eigenvalue weighted by Crippen LogP contribution is -2.35. The highest BCUT2D eigenvalue weighted by Crippen LogP contribution is 2.40. The van der Waals surface area contributed by atoms with Gasteiger partial charge in [-0.05, 0) is 55.2 Å². The van der Waals surface area contributed by atoms with Crippen LogP contribution in [0.3, 0.4) is 0 Å². The maximum Gasteiger partial charge on any atom is 0.0546 e. The fourth-order valence-electron chi connectivity index (χ4n) is 2.66. The summed E-state index contributed by atoms with van der Waals surface area (Å²) >= 11 is 0. The molecule has 0 aliphatic heterocycles. The van der Waals surface area contributed by atoms with E-state index in [1.807, 2.05) is 0 Å². The normalized spacial score (nSPS) is 27.8. The molecule has 0 atom stereocenters. The van der Waals surface area contributed by atoms with Crippen LogP contribution in [0.15, 0.2) is 24.3 Å². The van der Waals surface area contributed by atoms with Crippen LogP contribution in [0.25, 0.3) is 0 Å². The molecule has 0 heterocycles. The second kappa shape index (κ2) is 4.79. The van der Waals surface area contributed by atoms with Gasteiger partial charge in [0.2, 0.25) is 0 Å². The Bertz CT molecular complexity index is 380. The van der Waals surface area contributed by atoms with E-state index in [0.717, 1.165) is 31.8 Å². The van der Waals surface area contributed by atoms with Gasteiger partial charge in [-0.25, -0.2) is 0 Å². The van der Waals surface area contributed by atoms with Crippen molar-refractivity contribution in [3.05, 3.63) is 35.4 Å². The predicted octanol–water partition coefficient (Wildman–Crippen LogP) is 2.42. The number of hydrogen-bond acceptors (Lipinski definition) is 2. The third-order valence-electron chi connectivity index (χ3n) is 3.97. The highest BCUT2D eigenvalue weighted by molar-refractivity contribution is 5.29. The van der Waals surface area contributed by atoms with Gasteiger partial charge in [-0.2, -0.15) is 0 Å². The second-order valence-electron chi connectivity index (χ2n) is 5.64. The van der Waals surface area contributed by atoms with Gasteiger partial charge in [-0.3, -0.25) is 0 Å². The molecule has 0 bridgehead atoms. The fraction of sp³-hybridized carbons (Fsp3) is 0.600. The smallest absolute Gasteiger partial charge is 0.0546 e. The maximum absolute atomic E-state index is 9.21. The van der Waals surface area contributed by atoms with Crippen molar-refractivity contribution in [2.24, 2.45) is 5.92 Å². The van der Waals surface area contributed by atoms with Crippen molar-refractivity contribution >= 4 is 0 Å². The van der Waals surface area contributed by atoms with E-state index in [-0.39, 0.29) is 6.10 Å². The van der Waals surface area contributed by atoms with Gasteiger partial charge >= 0.3 is 0 Å². The fourth-order valence-corrected chi connectivity index (χ4v) is 2.66. The molecular weight excluding hydrogens is 210 g/mol. The Labute approximate surface area is 103 Å². The summed E-state index contributed by atoms with van der Waals surface area (Å²) in [6.07, 6.45) is 4.68. The molecule has 0 radical (unpaired) electrons. The summed E-state index contributed by atoms with van der Waals surface area (Å²) in [5.41, 5.74) is 2.91. The molecule has 2 N–H and O–H groups in total. The van der Waals surface area contributed by atoms with Crippen molar-refractivity contribution in [1.29, 1.82) is 0 Å². The monoisotopic (exact) mass is 231 g/mol. The molecule has 2 nitrogen and oxygen atoms in total. The molecule has 17 heavy (non-hydrogen) atoms. The summed E-state index contributed by atoms with van der Waals surface area (Å²) in [5, 5.41) is 12.7. The summed E-state index contributed by atoms with van der Waals surface area (Å²) < 4.78 is 0. The molecule has 1 aromatic carbocycles. The van der Waals surface area contributed by atoms with Gasteiger partial charge in [0.1, 0.15) is 0 Å². The van der Waals surface area contributed by atoms with Crippen molar-refractivity contribution in [2.45, 2.75) is 44.2 Å². The topological polar surface area (TPSA) is 32.3 Å². The van der Waals surface area contributed by atoms with E-state index in [1.165, 1.54) is 24.0 Å². The van der Waals surface area contributed by atoms with Gasteiger partial charge in [0.15, 0.2) is 0 Å². The average molecular weight is 231 g/mol. The van der Waals surface area contributed by atoms with Crippen LogP contribution in [0.1, 0.15) is 42.7 Å². The number of aliphatic hydroxyl groups is 1. The molecule has 0 amide bonds. The number of benzene rings is 1. The minimum Gasteiger partial charge on any atom is -0.393 e. The van der Waals surface area contributed by atoms with Gasteiger partial charge in [-0.1, -0.05) is 24.3 Å². The number of rotatable bonds is 5. The van der Waals surface area contributed by atoms with Crippen molar-refractivity contribution in [3.63, 3.8) is 0 Å². The summed E-state index contributed by atoms with van der Waals surface area (Å²) in [4.78, 5) is 0. The Morgan fingerprint density at radius 2 is 2.06 bits per heavy atom.